The first-order valence-corrected chi connectivity index (χ1v) is 13.9. The fourth-order valence-electron chi connectivity index (χ4n) is 5.34. The van der Waals surface area contributed by atoms with Crippen LogP contribution in [0.1, 0.15) is 62.8 Å². The minimum Gasteiger partial charge on any atom is -0.376 e. The van der Waals surface area contributed by atoms with E-state index in [9.17, 15) is 18.7 Å². The van der Waals surface area contributed by atoms with Gasteiger partial charge in [0.15, 0.2) is 0 Å². The molecule has 2 aliphatic rings. The van der Waals surface area contributed by atoms with Crippen LogP contribution in [0.25, 0.3) is 0 Å². The number of carbonyl (C=O) groups excluding carboxylic acids is 1. The Morgan fingerprint density at radius 3 is 2.47 bits per heavy atom. The first-order valence-electron chi connectivity index (χ1n) is 11.6. The molecular weight excluding hydrogens is 476 g/mol. The number of fused-ring (bicyclic) bond motifs is 1. The highest BCUT2D eigenvalue weighted by molar-refractivity contribution is 8.24. The van der Waals surface area contributed by atoms with Gasteiger partial charge in [-0.1, -0.05) is 17.7 Å². The Bertz CT molecular complexity index is 1170. The lowest BCUT2D eigenvalue weighted by atomic mass is 9.85. The summed E-state index contributed by atoms with van der Waals surface area (Å²) in [6.45, 7) is 6.46. The molecule has 1 saturated heterocycles. The van der Waals surface area contributed by atoms with Crippen molar-refractivity contribution in [1.82, 2.24) is 9.88 Å². The third kappa shape index (κ3) is 4.79. The molecule has 1 unspecified atom stereocenters. The van der Waals surface area contributed by atoms with Crippen molar-refractivity contribution in [2.75, 3.05) is 25.2 Å². The van der Waals surface area contributed by atoms with Gasteiger partial charge in [-0.2, -0.15) is 10.6 Å². The predicted octanol–water partition coefficient (Wildman–Crippen LogP) is 5.00. The van der Waals surface area contributed by atoms with Gasteiger partial charge in [-0.25, -0.2) is 0 Å². The number of hydrogen-bond acceptors (Lipinski definition) is 5. The van der Waals surface area contributed by atoms with E-state index in [1.807, 2.05) is 32.9 Å². The number of pyridine rings is 1. The molecule has 2 aromatic rings. The van der Waals surface area contributed by atoms with Crippen molar-refractivity contribution in [2.24, 2.45) is 5.92 Å². The summed E-state index contributed by atoms with van der Waals surface area (Å²) in [5.74, 6) is 0.624. The lowest BCUT2D eigenvalue weighted by Gasteiger charge is -2.41. The fourth-order valence-corrected chi connectivity index (χ4v) is 7.26. The van der Waals surface area contributed by atoms with Gasteiger partial charge < -0.3 is 14.6 Å². The van der Waals surface area contributed by atoms with Gasteiger partial charge in [0.05, 0.1) is 23.2 Å². The zero-order chi connectivity index (χ0) is 24.8. The average molecular weight is 509 g/mol. The number of carbonyl (C=O) groups is 1. The van der Waals surface area contributed by atoms with Crippen LogP contribution in [0.2, 0.25) is 5.02 Å². The number of aryl methyl sites for hydroxylation is 3. The van der Waals surface area contributed by atoms with Crippen LogP contribution in [-0.2, 0) is 17.7 Å². The van der Waals surface area contributed by atoms with Crippen LogP contribution in [-0.4, -0.2) is 50.1 Å². The topological polar surface area (TPSA) is 103 Å². The zero-order valence-corrected chi connectivity index (χ0v) is 21.7. The molecule has 1 atom stereocenters. The maximum Gasteiger partial charge on any atom is 0.255 e. The Kier molecular flexibility index (Phi) is 7.18. The van der Waals surface area contributed by atoms with Gasteiger partial charge >= 0.3 is 0 Å². The highest BCUT2D eigenvalue weighted by Crippen LogP contribution is 2.50. The van der Waals surface area contributed by atoms with Crippen molar-refractivity contribution in [3.05, 3.63) is 66.6 Å². The molecule has 186 valence electrons. The van der Waals surface area contributed by atoms with Crippen LogP contribution in [0.15, 0.2) is 16.9 Å². The molecule has 0 aliphatic carbocycles. The summed E-state index contributed by atoms with van der Waals surface area (Å²) in [4.78, 5) is 30.7. The number of halogens is 1. The Morgan fingerprint density at radius 2 is 1.85 bits per heavy atom. The molecular formula is C25H33ClN2O5S. The monoisotopic (exact) mass is 508 g/mol. The molecule has 0 bridgehead atoms. The van der Waals surface area contributed by atoms with E-state index in [1.54, 1.807) is 12.0 Å². The van der Waals surface area contributed by atoms with Crippen LogP contribution in [0.3, 0.4) is 0 Å². The number of nitrogens with zero attached hydrogens (tertiary/aromatic N) is 1. The lowest BCUT2D eigenvalue weighted by Crippen LogP contribution is -2.39. The van der Waals surface area contributed by atoms with Crippen LogP contribution in [0, 0.1) is 26.7 Å². The summed E-state index contributed by atoms with van der Waals surface area (Å²) in [7, 11) is -0.877. The summed E-state index contributed by atoms with van der Waals surface area (Å²) in [5, 5.41) is 0.397. The zero-order valence-electron chi connectivity index (χ0n) is 20.1. The number of nitrogens with one attached hydrogen (secondary N) is 1. The van der Waals surface area contributed by atoms with E-state index < -0.39 is 10.6 Å². The maximum absolute atomic E-state index is 13.6. The number of aromatic nitrogens is 1. The molecule has 3 heterocycles. The molecule has 34 heavy (non-hydrogen) atoms. The normalized spacial score (nSPS) is 20.2. The maximum atomic E-state index is 13.6. The highest BCUT2D eigenvalue weighted by Gasteiger charge is 2.36. The molecule has 1 aromatic carbocycles. The SMILES string of the molecule is COC(c1cc(C)c2c(c1Cl)C(=O)N(Cc1c(C)cc(C)[nH]c1=O)CC2)C1CCS(O)(O)CC1. The smallest absolute Gasteiger partial charge is 0.255 e. The van der Waals surface area contributed by atoms with Crippen molar-refractivity contribution in [1.29, 1.82) is 0 Å². The van der Waals surface area contributed by atoms with Crippen molar-refractivity contribution in [2.45, 2.75) is 52.7 Å². The number of hydrogen-bond donors (Lipinski definition) is 3. The van der Waals surface area contributed by atoms with Crippen LogP contribution < -0.4 is 5.56 Å². The van der Waals surface area contributed by atoms with Gasteiger partial charge in [-0.3, -0.25) is 18.7 Å². The van der Waals surface area contributed by atoms with E-state index >= 15 is 0 Å². The minimum absolute atomic E-state index is 0.0865. The van der Waals surface area contributed by atoms with E-state index in [-0.39, 0.29) is 30.0 Å². The molecule has 1 amide bonds. The van der Waals surface area contributed by atoms with E-state index in [0.29, 0.717) is 53.5 Å². The molecule has 4 rings (SSSR count). The second kappa shape index (κ2) is 9.66. The molecule has 3 N–H and O–H groups in total. The average Bonchev–Trinajstić information content (AvgIpc) is 2.76. The van der Waals surface area contributed by atoms with E-state index in [4.69, 9.17) is 16.3 Å². The van der Waals surface area contributed by atoms with Crippen molar-refractivity contribution in [3.8, 4) is 0 Å². The number of rotatable bonds is 5. The van der Waals surface area contributed by atoms with Crippen LogP contribution >= 0.6 is 22.2 Å². The van der Waals surface area contributed by atoms with Crippen molar-refractivity contribution < 1.29 is 18.6 Å². The van der Waals surface area contributed by atoms with Gasteiger partial charge in [0.1, 0.15) is 0 Å². The largest absolute Gasteiger partial charge is 0.376 e. The van der Waals surface area contributed by atoms with Crippen LogP contribution in [0.4, 0.5) is 0 Å². The van der Waals surface area contributed by atoms with Crippen molar-refractivity contribution in [3.63, 3.8) is 0 Å². The summed E-state index contributed by atoms with van der Waals surface area (Å²) >= 11 is 6.90. The van der Waals surface area contributed by atoms with Gasteiger partial charge in [0, 0.05) is 42.0 Å². The Hall–Kier alpha value is -1.84. The van der Waals surface area contributed by atoms with Crippen molar-refractivity contribution >= 4 is 28.1 Å². The number of methoxy groups -OCH3 is 1. The van der Waals surface area contributed by atoms with Gasteiger partial charge in [-0.15, -0.1) is 0 Å². The Morgan fingerprint density at radius 1 is 1.18 bits per heavy atom. The summed E-state index contributed by atoms with van der Waals surface area (Å²) in [6, 6.07) is 3.93. The van der Waals surface area contributed by atoms with E-state index in [1.165, 1.54) is 0 Å². The van der Waals surface area contributed by atoms with E-state index in [2.05, 4.69) is 4.98 Å². The molecule has 0 saturated carbocycles. The Labute approximate surface area is 206 Å². The highest BCUT2D eigenvalue weighted by atomic mass is 35.5. The Balaban J connectivity index is 1.67. The number of H-pyrrole nitrogens is 1. The molecule has 1 aromatic heterocycles. The van der Waals surface area contributed by atoms with Gasteiger partial charge in [-0.05, 0) is 68.7 Å². The molecule has 2 aliphatic heterocycles. The first kappa shape index (κ1) is 25.3. The van der Waals surface area contributed by atoms with E-state index in [0.717, 1.165) is 27.9 Å². The second-order valence-corrected chi connectivity index (χ2v) is 12.4. The number of aromatic amines is 1. The second-order valence-electron chi connectivity index (χ2n) is 9.57. The minimum atomic E-state index is -2.51. The first-order chi connectivity index (χ1) is 16.0. The molecule has 0 radical (unpaired) electrons. The van der Waals surface area contributed by atoms with Gasteiger partial charge in [0.25, 0.3) is 11.5 Å². The third-order valence-corrected chi connectivity index (χ3v) is 9.40. The summed E-state index contributed by atoms with van der Waals surface area (Å²) in [5.41, 5.74) is 5.26. The summed E-state index contributed by atoms with van der Waals surface area (Å²) in [6.07, 6.45) is 1.58. The molecule has 0 spiro atoms. The van der Waals surface area contributed by atoms with Crippen LogP contribution in [0.5, 0.6) is 0 Å². The molecule has 7 nitrogen and oxygen atoms in total. The number of amides is 1. The standard InChI is InChI=1S/C25H33ClN2O5S/c1-14-11-16(3)27-24(29)20(14)13-28-8-5-18-15(2)12-19(22(26)21(18)25(28)30)23(33-4)17-6-9-34(31,32)10-7-17/h11-12,17,23,31-32H,5-10,13H2,1-4H3,(H,27,29). The molecule has 9 heteroatoms. The lowest BCUT2D eigenvalue weighted by molar-refractivity contribution is 0.0461. The van der Waals surface area contributed by atoms with Gasteiger partial charge in [0.2, 0.25) is 0 Å². The molecule has 1 fully saturated rings. The quantitative estimate of drug-likeness (QED) is 0.527. The summed E-state index contributed by atoms with van der Waals surface area (Å²) < 4.78 is 25.9. The fraction of sp³-hybridized carbons (Fsp3) is 0.520. The third-order valence-electron chi connectivity index (χ3n) is 7.22. The predicted molar refractivity (Wildman–Crippen MR) is 136 cm³/mol. The number of benzene rings is 1. The number of ether oxygens (including phenoxy) is 1.